The molecule has 0 aliphatic carbocycles. The van der Waals surface area contributed by atoms with Gasteiger partial charge < -0.3 is 10.6 Å². The summed E-state index contributed by atoms with van der Waals surface area (Å²) in [5.41, 5.74) is 0.605. The van der Waals surface area contributed by atoms with E-state index in [2.05, 4.69) is 22.5 Å². The van der Waals surface area contributed by atoms with E-state index < -0.39 is 0 Å². The highest BCUT2D eigenvalue weighted by Crippen LogP contribution is 1.93. The SMILES string of the molecule is CCCNCCNC(=O)c1cccnc1.Cl.Cl. The lowest BCUT2D eigenvalue weighted by Crippen LogP contribution is -2.32. The maximum Gasteiger partial charge on any atom is 0.252 e. The van der Waals surface area contributed by atoms with Gasteiger partial charge in [-0.3, -0.25) is 9.78 Å². The Labute approximate surface area is 114 Å². The molecule has 0 radical (unpaired) electrons. The summed E-state index contributed by atoms with van der Waals surface area (Å²) in [6.07, 6.45) is 4.32. The fourth-order valence-electron chi connectivity index (χ4n) is 1.17. The quantitative estimate of drug-likeness (QED) is 0.779. The molecule has 1 heterocycles. The first-order valence-electron chi connectivity index (χ1n) is 5.23. The number of nitrogens with one attached hydrogen (secondary N) is 2. The highest BCUT2D eigenvalue weighted by molar-refractivity contribution is 5.93. The van der Waals surface area contributed by atoms with Gasteiger partial charge in [0.15, 0.2) is 0 Å². The molecule has 1 rings (SSSR count). The van der Waals surface area contributed by atoms with Gasteiger partial charge in [0.25, 0.3) is 5.91 Å². The Morgan fingerprint density at radius 1 is 1.29 bits per heavy atom. The first-order chi connectivity index (χ1) is 7.34. The molecule has 1 amide bonds. The minimum Gasteiger partial charge on any atom is -0.351 e. The minimum absolute atomic E-state index is 0. The molecule has 0 atom stereocenters. The first kappa shape index (κ1) is 18.5. The van der Waals surface area contributed by atoms with Gasteiger partial charge in [-0.25, -0.2) is 0 Å². The van der Waals surface area contributed by atoms with E-state index in [1.807, 2.05) is 0 Å². The molecule has 98 valence electrons. The van der Waals surface area contributed by atoms with E-state index in [-0.39, 0.29) is 30.7 Å². The number of carbonyl (C=O) groups excluding carboxylic acids is 1. The Morgan fingerprint density at radius 2 is 2.06 bits per heavy atom. The van der Waals surface area contributed by atoms with Crippen LogP contribution in [0.2, 0.25) is 0 Å². The van der Waals surface area contributed by atoms with Gasteiger partial charge in [0.1, 0.15) is 0 Å². The number of hydrogen-bond donors (Lipinski definition) is 2. The maximum absolute atomic E-state index is 11.5. The van der Waals surface area contributed by atoms with Crippen LogP contribution in [0.3, 0.4) is 0 Å². The third-order valence-corrected chi connectivity index (χ3v) is 1.94. The molecule has 0 saturated carbocycles. The van der Waals surface area contributed by atoms with Crippen LogP contribution in [-0.2, 0) is 0 Å². The number of halogens is 2. The van der Waals surface area contributed by atoms with Crippen LogP contribution in [0.25, 0.3) is 0 Å². The van der Waals surface area contributed by atoms with Crippen LogP contribution < -0.4 is 10.6 Å². The normalized spacial score (nSPS) is 8.76. The summed E-state index contributed by atoms with van der Waals surface area (Å²) < 4.78 is 0. The summed E-state index contributed by atoms with van der Waals surface area (Å²) in [5, 5.41) is 6.03. The summed E-state index contributed by atoms with van der Waals surface area (Å²) in [7, 11) is 0. The van der Waals surface area contributed by atoms with Gasteiger partial charge in [0, 0.05) is 25.5 Å². The van der Waals surface area contributed by atoms with Gasteiger partial charge in [-0.2, -0.15) is 0 Å². The molecule has 0 fully saturated rings. The number of carbonyl (C=O) groups is 1. The highest BCUT2D eigenvalue weighted by Gasteiger charge is 2.02. The average Bonchev–Trinajstić information content (AvgIpc) is 2.30. The first-order valence-corrected chi connectivity index (χ1v) is 5.23. The highest BCUT2D eigenvalue weighted by atomic mass is 35.5. The molecular weight excluding hydrogens is 261 g/mol. The van der Waals surface area contributed by atoms with Crippen LogP contribution in [0.1, 0.15) is 23.7 Å². The van der Waals surface area contributed by atoms with Crippen molar-refractivity contribution in [1.82, 2.24) is 15.6 Å². The molecule has 0 saturated heterocycles. The third-order valence-electron chi connectivity index (χ3n) is 1.94. The zero-order valence-electron chi connectivity index (χ0n) is 9.81. The monoisotopic (exact) mass is 279 g/mol. The third kappa shape index (κ3) is 7.96. The fourth-order valence-corrected chi connectivity index (χ4v) is 1.17. The second-order valence-corrected chi connectivity index (χ2v) is 3.25. The molecule has 0 bridgehead atoms. The van der Waals surface area contributed by atoms with Crippen LogP contribution in [0.15, 0.2) is 24.5 Å². The summed E-state index contributed by atoms with van der Waals surface area (Å²) in [6, 6.07) is 3.51. The molecule has 0 aliphatic rings. The lowest BCUT2D eigenvalue weighted by Gasteiger charge is -2.05. The van der Waals surface area contributed by atoms with E-state index in [1.165, 1.54) is 0 Å². The number of rotatable bonds is 6. The number of nitrogens with zero attached hydrogens (tertiary/aromatic N) is 1. The van der Waals surface area contributed by atoms with Crippen LogP contribution in [-0.4, -0.2) is 30.5 Å². The van der Waals surface area contributed by atoms with Gasteiger partial charge in [-0.15, -0.1) is 24.8 Å². The van der Waals surface area contributed by atoms with E-state index in [4.69, 9.17) is 0 Å². The van der Waals surface area contributed by atoms with Crippen molar-refractivity contribution in [1.29, 1.82) is 0 Å². The van der Waals surface area contributed by atoms with Gasteiger partial charge in [-0.05, 0) is 25.1 Å². The molecule has 0 unspecified atom stereocenters. The molecule has 4 nitrogen and oxygen atoms in total. The summed E-state index contributed by atoms with van der Waals surface area (Å²) >= 11 is 0. The van der Waals surface area contributed by atoms with Crippen LogP contribution in [0.5, 0.6) is 0 Å². The second kappa shape index (κ2) is 11.6. The van der Waals surface area contributed by atoms with Crippen molar-refractivity contribution < 1.29 is 4.79 Å². The molecule has 1 aromatic rings. The van der Waals surface area contributed by atoms with E-state index in [0.717, 1.165) is 19.5 Å². The van der Waals surface area contributed by atoms with Crippen molar-refractivity contribution in [2.45, 2.75) is 13.3 Å². The van der Waals surface area contributed by atoms with Gasteiger partial charge >= 0.3 is 0 Å². The predicted molar refractivity (Wildman–Crippen MR) is 74.2 cm³/mol. The van der Waals surface area contributed by atoms with Gasteiger partial charge in [0.2, 0.25) is 0 Å². The predicted octanol–water partition coefficient (Wildman–Crippen LogP) is 1.65. The molecule has 2 N–H and O–H groups in total. The number of aromatic nitrogens is 1. The zero-order valence-corrected chi connectivity index (χ0v) is 11.4. The van der Waals surface area contributed by atoms with Gasteiger partial charge in [0.05, 0.1) is 5.56 Å². The van der Waals surface area contributed by atoms with Crippen LogP contribution in [0, 0.1) is 0 Å². The summed E-state index contributed by atoms with van der Waals surface area (Å²) in [4.78, 5) is 15.4. The lowest BCUT2D eigenvalue weighted by atomic mass is 10.3. The molecule has 0 aliphatic heterocycles. The number of pyridine rings is 1. The van der Waals surface area contributed by atoms with E-state index in [1.54, 1.807) is 24.5 Å². The molecule has 0 aromatic carbocycles. The Morgan fingerprint density at radius 3 is 2.65 bits per heavy atom. The Kier molecular flexibility index (Phi) is 12.7. The molecule has 0 spiro atoms. The fraction of sp³-hybridized carbons (Fsp3) is 0.455. The molecular formula is C11H19Cl2N3O. The molecule has 17 heavy (non-hydrogen) atoms. The van der Waals surface area contributed by atoms with Crippen LogP contribution >= 0.6 is 24.8 Å². The Bertz CT molecular complexity index is 296. The van der Waals surface area contributed by atoms with Crippen molar-refractivity contribution in [3.63, 3.8) is 0 Å². The molecule has 1 aromatic heterocycles. The number of hydrogen-bond acceptors (Lipinski definition) is 3. The topological polar surface area (TPSA) is 54.0 Å². The van der Waals surface area contributed by atoms with E-state index in [9.17, 15) is 4.79 Å². The second-order valence-electron chi connectivity index (χ2n) is 3.25. The van der Waals surface area contributed by atoms with Crippen molar-refractivity contribution in [2.75, 3.05) is 19.6 Å². The maximum atomic E-state index is 11.5. The Balaban J connectivity index is 0. The van der Waals surface area contributed by atoms with E-state index in [0.29, 0.717) is 12.1 Å². The van der Waals surface area contributed by atoms with Crippen molar-refractivity contribution in [2.24, 2.45) is 0 Å². The lowest BCUT2D eigenvalue weighted by molar-refractivity contribution is 0.0953. The minimum atomic E-state index is -0.0681. The average molecular weight is 280 g/mol. The van der Waals surface area contributed by atoms with Crippen molar-refractivity contribution >= 4 is 30.7 Å². The largest absolute Gasteiger partial charge is 0.351 e. The van der Waals surface area contributed by atoms with Gasteiger partial charge in [-0.1, -0.05) is 6.92 Å². The summed E-state index contributed by atoms with van der Waals surface area (Å²) in [5.74, 6) is -0.0681. The van der Waals surface area contributed by atoms with E-state index >= 15 is 0 Å². The zero-order chi connectivity index (χ0) is 10.9. The van der Waals surface area contributed by atoms with Crippen molar-refractivity contribution in [3.8, 4) is 0 Å². The smallest absolute Gasteiger partial charge is 0.252 e. The van der Waals surface area contributed by atoms with Crippen LogP contribution in [0.4, 0.5) is 0 Å². The standard InChI is InChI=1S/C11H17N3O.2ClH/c1-2-5-12-7-8-14-11(15)10-4-3-6-13-9-10;;/h3-4,6,9,12H,2,5,7-8H2,1H3,(H,14,15);2*1H. The number of amides is 1. The molecule has 6 heteroatoms. The van der Waals surface area contributed by atoms with Crippen molar-refractivity contribution in [3.05, 3.63) is 30.1 Å². The Hall–Kier alpha value is -0.840. The summed E-state index contributed by atoms with van der Waals surface area (Å²) in [6.45, 7) is 4.55.